The van der Waals surface area contributed by atoms with Crippen molar-refractivity contribution in [2.24, 2.45) is 5.92 Å². The van der Waals surface area contributed by atoms with Crippen LogP contribution in [0.3, 0.4) is 0 Å². The van der Waals surface area contributed by atoms with Gasteiger partial charge in [-0.1, -0.05) is 42.3 Å². The summed E-state index contributed by atoms with van der Waals surface area (Å²) >= 11 is 6.09. The van der Waals surface area contributed by atoms with Crippen molar-refractivity contribution in [2.75, 3.05) is 6.61 Å². The summed E-state index contributed by atoms with van der Waals surface area (Å²) in [7, 11) is 0. The van der Waals surface area contributed by atoms with E-state index in [-0.39, 0.29) is 53.1 Å². The molecule has 0 spiro atoms. The molecule has 0 saturated carbocycles. The zero-order chi connectivity index (χ0) is 29.2. The summed E-state index contributed by atoms with van der Waals surface area (Å²) in [6.07, 6.45) is -4.23. The molecule has 0 radical (unpaired) electrons. The van der Waals surface area contributed by atoms with Gasteiger partial charge in [-0.2, -0.15) is 13.2 Å². The Bertz CT molecular complexity index is 1620. The topological polar surface area (TPSA) is 84.2 Å². The molecule has 2 N–H and O–H groups in total. The summed E-state index contributed by atoms with van der Waals surface area (Å²) in [6, 6.07) is 11.8. The number of aliphatic hydroxyl groups excluding tert-OH is 1. The number of aliphatic hydroxyl groups is 1. The van der Waals surface area contributed by atoms with E-state index in [0.717, 1.165) is 12.1 Å². The fourth-order valence-electron chi connectivity index (χ4n) is 4.49. The van der Waals surface area contributed by atoms with Crippen molar-refractivity contribution in [2.45, 2.75) is 39.5 Å². The predicted molar refractivity (Wildman–Crippen MR) is 145 cm³/mol. The third-order valence-electron chi connectivity index (χ3n) is 6.51. The van der Waals surface area contributed by atoms with Gasteiger partial charge in [0, 0.05) is 30.6 Å². The first-order valence-corrected chi connectivity index (χ1v) is 12.8. The lowest BCUT2D eigenvalue weighted by Gasteiger charge is -2.20. The Kier molecular flexibility index (Phi) is 8.60. The Balaban J connectivity index is 1.89. The van der Waals surface area contributed by atoms with Crippen LogP contribution in [0, 0.1) is 18.7 Å². The Morgan fingerprint density at radius 2 is 1.82 bits per heavy atom. The molecule has 2 aromatic heterocycles. The van der Waals surface area contributed by atoms with Crippen LogP contribution in [0.1, 0.15) is 40.5 Å². The molecule has 0 aliphatic heterocycles. The Labute approximate surface area is 232 Å². The molecular weight excluding hydrogens is 550 g/mol. The number of pyridine rings is 2. The molecule has 210 valence electrons. The molecule has 0 unspecified atom stereocenters. The third-order valence-corrected chi connectivity index (χ3v) is 6.72. The van der Waals surface area contributed by atoms with Crippen molar-refractivity contribution in [3.63, 3.8) is 0 Å². The van der Waals surface area contributed by atoms with Gasteiger partial charge in [-0.15, -0.1) is 0 Å². The standard InChI is InChI=1S/C29H26ClF4N3O3/c1-16(15-38)9-10-37-26(27(39)35-14-18-11-17(2)12-20(13-18)29(32,33)34)24(19-3-5-21(31)6-4-19)22-7-8-23(30)36-25(22)28(37)40/h3-8,11-13,16,38H,9-10,14-15H2,1-2H3,(H,35,39)/t16-/m1/s1. The van der Waals surface area contributed by atoms with Gasteiger partial charge >= 0.3 is 6.18 Å². The SMILES string of the molecule is Cc1cc(CNC(=O)c2c(-c3ccc(F)cc3)c3ccc(Cl)nc3c(=O)n2CC[C@@H](C)CO)cc(C(F)(F)F)c1. The second-order valence-corrected chi connectivity index (χ2v) is 10.1. The highest BCUT2D eigenvalue weighted by molar-refractivity contribution is 6.30. The maximum atomic E-state index is 13.8. The summed E-state index contributed by atoms with van der Waals surface area (Å²) in [5.74, 6) is -1.43. The van der Waals surface area contributed by atoms with E-state index >= 15 is 0 Å². The quantitative estimate of drug-likeness (QED) is 0.195. The zero-order valence-corrected chi connectivity index (χ0v) is 22.4. The first kappa shape index (κ1) is 29.2. The normalized spacial score (nSPS) is 12.5. The number of aryl methyl sites for hydroxylation is 1. The molecule has 1 atom stereocenters. The molecule has 1 amide bonds. The summed E-state index contributed by atoms with van der Waals surface area (Å²) < 4.78 is 55.1. The van der Waals surface area contributed by atoms with Crippen LogP contribution >= 0.6 is 11.6 Å². The van der Waals surface area contributed by atoms with Gasteiger partial charge in [0.2, 0.25) is 0 Å². The molecule has 4 aromatic rings. The molecule has 4 rings (SSSR count). The molecule has 40 heavy (non-hydrogen) atoms. The molecule has 0 aliphatic carbocycles. The average molecular weight is 576 g/mol. The molecule has 0 bridgehead atoms. The number of hydrogen-bond acceptors (Lipinski definition) is 4. The van der Waals surface area contributed by atoms with E-state index in [1.54, 1.807) is 13.0 Å². The van der Waals surface area contributed by atoms with E-state index in [2.05, 4.69) is 10.3 Å². The van der Waals surface area contributed by atoms with E-state index in [4.69, 9.17) is 11.6 Å². The molecular formula is C29H26ClF4N3O3. The largest absolute Gasteiger partial charge is 0.416 e. The minimum absolute atomic E-state index is 0.00599. The third kappa shape index (κ3) is 6.34. The number of amides is 1. The Hall–Kier alpha value is -3.76. The van der Waals surface area contributed by atoms with E-state index in [0.29, 0.717) is 22.9 Å². The van der Waals surface area contributed by atoms with Crippen molar-refractivity contribution >= 4 is 28.4 Å². The van der Waals surface area contributed by atoms with Gasteiger partial charge in [-0.25, -0.2) is 9.37 Å². The maximum absolute atomic E-state index is 13.8. The number of benzene rings is 2. The minimum atomic E-state index is -4.56. The number of halogens is 5. The first-order chi connectivity index (χ1) is 18.9. The van der Waals surface area contributed by atoms with Crippen molar-refractivity contribution in [3.8, 4) is 11.1 Å². The molecule has 0 fully saturated rings. The number of carbonyl (C=O) groups excluding carboxylic acids is 1. The fourth-order valence-corrected chi connectivity index (χ4v) is 4.63. The lowest BCUT2D eigenvalue weighted by molar-refractivity contribution is -0.137. The number of nitrogens with one attached hydrogen (secondary N) is 1. The predicted octanol–water partition coefficient (Wildman–Crippen LogP) is 6.13. The molecule has 11 heteroatoms. The van der Waals surface area contributed by atoms with Crippen molar-refractivity contribution in [3.05, 3.63) is 98.3 Å². The maximum Gasteiger partial charge on any atom is 0.416 e. The summed E-state index contributed by atoms with van der Waals surface area (Å²) in [5, 5.41) is 12.5. The number of carbonyl (C=O) groups is 1. The van der Waals surface area contributed by atoms with Crippen molar-refractivity contribution in [1.29, 1.82) is 0 Å². The first-order valence-electron chi connectivity index (χ1n) is 12.4. The highest BCUT2D eigenvalue weighted by atomic mass is 35.5. The van der Waals surface area contributed by atoms with Crippen LogP contribution in [0.25, 0.3) is 22.0 Å². The number of fused-ring (bicyclic) bond motifs is 1. The van der Waals surface area contributed by atoms with E-state index in [1.165, 1.54) is 47.9 Å². The van der Waals surface area contributed by atoms with Crippen LogP contribution < -0.4 is 10.9 Å². The lowest BCUT2D eigenvalue weighted by atomic mass is 9.97. The van der Waals surface area contributed by atoms with Gasteiger partial charge in [0.1, 0.15) is 22.2 Å². The van der Waals surface area contributed by atoms with Crippen molar-refractivity contribution in [1.82, 2.24) is 14.9 Å². The Morgan fingerprint density at radius 3 is 2.48 bits per heavy atom. The van der Waals surface area contributed by atoms with E-state index < -0.39 is 29.0 Å². The number of aromatic nitrogens is 2. The van der Waals surface area contributed by atoms with Gasteiger partial charge in [-0.3, -0.25) is 9.59 Å². The monoisotopic (exact) mass is 575 g/mol. The molecule has 0 saturated heterocycles. The molecule has 2 aromatic carbocycles. The van der Waals surface area contributed by atoms with E-state index in [1.807, 2.05) is 0 Å². The zero-order valence-electron chi connectivity index (χ0n) is 21.6. The minimum Gasteiger partial charge on any atom is -0.396 e. The highest BCUT2D eigenvalue weighted by Crippen LogP contribution is 2.33. The molecule has 2 heterocycles. The number of alkyl halides is 3. The van der Waals surface area contributed by atoms with Gasteiger partial charge in [0.15, 0.2) is 0 Å². The second kappa shape index (κ2) is 11.8. The van der Waals surface area contributed by atoms with Crippen molar-refractivity contribution < 1.29 is 27.5 Å². The van der Waals surface area contributed by atoms with E-state index in [9.17, 15) is 32.3 Å². The van der Waals surface area contributed by atoms with Gasteiger partial charge in [0.25, 0.3) is 11.5 Å². The van der Waals surface area contributed by atoms with Crippen LogP contribution in [0.5, 0.6) is 0 Å². The average Bonchev–Trinajstić information content (AvgIpc) is 2.91. The van der Waals surface area contributed by atoms with Gasteiger partial charge < -0.3 is 15.0 Å². The highest BCUT2D eigenvalue weighted by Gasteiger charge is 2.31. The number of rotatable bonds is 8. The summed E-state index contributed by atoms with van der Waals surface area (Å²) in [4.78, 5) is 31.6. The fraction of sp³-hybridized carbons (Fsp3) is 0.276. The van der Waals surface area contributed by atoms with Gasteiger partial charge in [-0.05, 0) is 66.8 Å². The second-order valence-electron chi connectivity index (χ2n) is 9.68. The molecule has 0 aliphatic rings. The van der Waals surface area contributed by atoms with Gasteiger partial charge in [0.05, 0.1) is 5.56 Å². The van der Waals surface area contributed by atoms with Crippen LogP contribution in [0.15, 0.2) is 59.4 Å². The van der Waals surface area contributed by atoms with Crippen LogP contribution in [-0.4, -0.2) is 27.2 Å². The van der Waals surface area contributed by atoms with Crippen LogP contribution in [0.2, 0.25) is 5.15 Å². The Morgan fingerprint density at radius 1 is 1.12 bits per heavy atom. The number of nitrogens with zero attached hydrogens (tertiary/aromatic N) is 2. The lowest BCUT2D eigenvalue weighted by Crippen LogP contribution is -2.34. The smallest absolute Gasteiger partial charge is 0.396 e. The summed E-state index contributed by atoms with van der Waals surface area (Å²) in [5.41, 5.74) is -0.222. The molecule has 6 nitrogen and oxygen atoms in total. The van der Waals surface area contributed by atoms with Crippen LogP contribution in [-0.2, 0) is 19.3 Å². The summed E-state index contributed by atoms with van der Waals surface area (Å²) in [6.45, 7) is 2.94. The number of hydrogen-bond donors (Lipinski definition) is 2. The van der Waals surface area contributed by atoms with Crippen LogP contribution in [0.4, 0.5) is 17.6 Å².